The molecular weight excluding hydrogens is 298 g/mol. The molecule has 0 N–H and O–H groups in total. The first-order valence-corrected chi connectivity index (χ1v) is 8.63. The molecule has 118 valence electrons. The molecule has 0 bridgehead atoms. The number of rotatable bonds is 6. The van der Waals surface area contributed by atoms with E-state index in [2.05, 4.69) is 9.97 Å². The summed E-state index contributed by atoms with van der Waals surface area (Å²) in [4.78, 5) is 11.4. The van der Waals surface area contributed by atoms with Crippen molar-refractivity contribution in [2.24, 2.45) is 0 Å². The molecule has 0 amide bonds. The number of nitrogens with zero attached hydrogens (tertiary/aromatic N) is 3. The molecule has 0 radical (unpaired) electrons. The average Bonchev–Trinajstić information content (AvgIpc) is 2.47. The number of anilines is 1. The van der Waals surface area contributed by atoms with Crippen LogP contribution in [0.15, 0.2) is 41.6 Å². The van der Waals surface area contributed by atoms with Crippen LogP contribution in [-0.4, -0.2) is 33.6 Å². The van der Waals surface area contributed by atoms with Gasteiger partial charge in [0, 0.05) is 35.5 Å². The van der Waals surface area contributed by atoms with Gasteiger partial charge in [-0.25, -0.2) is 0 Å². The highest BCUT2D eigenvalue weighted by molar-refractivity contribution is 7.84. The van der Waals surface area contributed by atoms with Gasteiger partial charge in [-0.1, -0.05) is 12.1 Å². The van der Waals surface area contributed by atoms with E-state index in [1.54, 1.807) is 18.6 Å². The van der Waals surface area contributed by atoms with Gasteiger partial charge in [0.1, 0.15) is 0 Å². The van der Waals surface area contributed by atoms with E-state index in [-0.39, 0.29) is 6.10 Å². The van der Waals surface area contributed by atoms with E-state index < -0.39 is 10.8 Å². The highest BCUT2D eigenvalue weighted by atomic mass is 32.2. The first-order valence-electron chi connectivity index (χ1n) is 7.08. The zero-order valence-corrected chi connectivity index (χ0v) is 14.1. The Balaban J connectivity index is 2.08. The zero-order valence-electron chi connectivity index (χ0n) is 13.3. The molecule has 1 atom stereocenters. The van der Waals surface area contributed by atoms with Crippen LogP contribution in [0, 0.1) is 0 Å². The molecule has 6 heteroatoms. The molecule has 0 aliphatic heterocycles. The van der Waals surface area contributed by atoms with Gasteiger partial charge in [-0.15, -0.1) is 0 Å². The Morgan fingerprint density at radius 3 is 2.50 bits per heavy atom. The fourth-order valence-corrected chi connectivity index (χ4v) is 2.48. The van der Waals surface area contributed by atoms with E-state index >= 15 is 0 Å². The fraction of sp³-hybridized carbons (Fsp3) is 0.375. The van der Waals surface area contributed by atoms with Crippen molar-refractivity contribution in [3.63, 3.8) is 0 Å². The summed E-state index contributed by atoms with van der Waals surface area (Å²) in [6.07, 6.45) is 5.07. The Kier molecular flexibility index (Phi) is 5.49. The van der Waals surface area contributed by atoms with E-state index in [1.807, 2.05) is 50.1 Å². The van der Waals surface area contributed by atoms with Crippen molar-refractivity contribution < 1.29 is 8.95 Å². The molecule has 1 aromatic carbocycles. The minimum atomic E-state index is -0.947. The van der Waals surface area contributed by atoms with Gasteiger partial charge in [0.25, 0.3) is 0 Å². The lowest BCUT2D eigenvalue weighted by atomic mass is 10.2. The molecule has 5 nitrogen and oxygen atoms in total. The van der Waals surface area contributed by atoms with Crippen LogP contribution in [0.4, 0.5) is 5.82 Å². The summed E-state index contributed by atoms with van der Waals surface area (Å²) < 4.78 is 17.0. The summed E-state index contributed by atoms with van der Waals surface area (Å²) in [7, 11) is 1.01. The average molecular weight is 319 g/mol. The van der Waals surface area contributed by atoms with Crippen molar-refractivity contribution in [1.82, 2.24) is 9.97 Å². The lowest BCUT2D eigenvalue weighted by molar-refractivity contribution is 0.231. The minimum absolute atomic E-state index is 0.0670. The Labute approximate surface area is 133 Å². The lowest BCUT2D eigenvalue weighted by Crippen LogP contribution is -2.18. The summed E-state index contributed by atoms with van der Waals surface area (Å²) in [5.74, 6) is 1.28. The Bertz CT molecular complexity index is 644. The lowest BCUT2D eigenvalue weighted by Gasteiger charge is -2.19. The maximum absolute atomic E-state index is 11.4. The SMILES string of the molecule is CC(C)Oc1cncc(N(C)Cc2ccc(S(C)=O)cc2)n1. The first-order chi connectivity index (χ1) is 10.5. The van der Waals surface area contributed by atoms with Crippen LogP contribution in [0.3, 0.4) is 0 Å². The van der Waals surface area contributed by atoms with E-state index in [4.69, 9.17) is 4.74 Å². The maximum atomic E-state index is 11.4. The van der Waals surface area contributed by atoms with Gasteiger partial charge in [-0.05, 0) is 31.5 Å². The predicted octanol–water partition coefficient (Wildman–Crippen LogP) is 2.64. The van der Waals surface area contributed by atoms with Crippen molar-refractivity contribution >= 4 is 16.6 Å². The molecule has 0 aliphatic rings. The monoisotopic (exact) mass is 319 g/mol. The highest BCUT2D eigenvalue weighted by Crippen LogP contribution is 2.17. The van der Waals surface area contributed by atoms with Crippen LogP contribution >= 0.6 is 0 Å². The summed E-state index contributed by atoms with van der Waals surface area (Å²) in [5, 5.41) is 0. The van der Waals surface area contributed by atoms with Crippen LogP contribution in [-0.2, 0) is 17.3 Å². The summed E-state index contributed by atoms with van der Waals surface area (Å²) in [5.41, 5.74) is 1.12. The molecule has 1 aromatic heterocycles. The van der Waals surface area contributed by atoms with Crippen LogP contribution in [0.25, 0.3) is 0 Å². The van der Waals surface area contributed by atoms with E-state index in [0.717, 1.165) is 16.3 Å². The van der Waals surface area contributed by atoms with E-state index in [9.17, 15) is 4.21 Å². The topological polar surface area (TPSA) is 55.3 Å². The standard InChI is InChI=1S/C16H21N3O2S/c1-12(2)21-16-10-17-9-15(18-16)19(3)11-13-5-7-14(8-6-13)22(4)20/h5-10,12H,11H2,1-4H3. The Morgan fingerprint density at radius 1 is 1.23 bits per heavy atom. The van der Waals surface area contributed by atoms with Crippen LogP contribution in [0.5, 0.6) is 5.88 Å². The molecule has 1 heterocycles. The van der Waals surface area contributed by atoms with Gasteiger partial charge in [0.05, 0.1) is 18.5 Å². The quantitative estimate of drug-likeness (QED) is 0.819. The van der Waals surface area contributed by atoms with Gasteiger partial charge in [0.2, 0.25) is 5.88 Å². The number of ether oxygens (including phenoxy) is 1. The van der Waals surface area contributed by atoms with Crippen molar-refractivity contribution in [3.8, 4) is 5.88 Å². The molecule has 0 saturated heterocycles. The maximum Gasteiger partial charge on any atom is 0.234 e. The third kappa shape index (κ3) is 4.53. The molecule has 1 unspecified atom stereocenters. The van der Waals surface area contributed by atoms with Gasteiger partial charge in [-0.2, -0.15) is 4.98 Å². The van der Waals surface area contributed by atoms with Crippen molar-refractivity contribution in [2.45, 2.75) is 31.4 Å². The van der Waals surface area contributed by atoms with Crippen molar-refractivity contribution in [1.29, 1.82) is 0 Å². The van der Waals surface area contributed by atoms with Crippen LogP contribution < -0.4 is 9.64 Å². The summed E-state index contributed by atoms with van der Waals surface area (Å²) in [6.45, 7) is 4.60. The fourth-order valence-electron chi connectivity index (χ4n) is 1.96. The van der Waals surface area contributed by atoms with Gasteiger partial charge in [0.15, 0.2) is 5.82 Å². The minimum Gasteiger partial charge on any atom is -0.474 e. The number of benzene rings is 1. The molecular formula is C16H21N3O2S. The number of aromatic nitrogens is 2. The Hall–Kier alpha value is -1.95. The highest BCUT2D eigenvalue weighted by Gasteiger charge is 2.07. The third-order valence-electron chi connectivity index (χ3n) is 3.02. The first kappa shape index (κ1) is 16.4. The second kappa shape index (κ2) is 7.35. The molecule has 0 fully saturated rings. The predicted molar refractivity (Wildman–Crippen MR) is 88.7 cm³/mol. The van der Waals surface area contributed by atoms with Gasteiger partial charge in [-0.3, -0.25) is 9.19 Å². The molecule has 2 rings (SSSR count). The zero-order chi connectivity index (χ0) is 16.1. The molecule has 22 heavy (non-hydrogen) atoms. The summed E-state index contributed by atoms with van der Waals surface area (Å²) >= 11 is 0. The van der Waals surface area contributed by atoms with Crippen LogP contribution in [0.1, 0.15) is 19.4 Å². The van der Waals surface area contributed by atoms with E-state index in [0.29, 0.717) is 12.4 Å². The number of hydrogen-bond donors (Lipinski definition) is 0. The van der Waals surface area contributed by atoms with Crippen molar-refractivity contribution in [2.75, 3.05) is 18.2 Å². The summed E-state index contributed by atoms with van der Waals surface area (Å²) in [6, 6.07) is 7.75. The molecule has 0 spiro atoms. The van der Waals surface area contributed by atoms with E-state index in [1.165, 1.54) is 0 Å². The molecule has 0 saturated carbocycles. The molecule has 2 aromatic rings. The molecule has 0 aliphatic carbocycles. The Morgan fingerprint density at radius 2 is 1.91 bits per heavy atom. The van der Waals surface area contributed by atoms with Crippen molar-refractivity contribution in [3.05, 3.63) is 42.2 Å². The third-order valence-corrected chi connectivity index (χ3v) is 3.96. The second-order valence-corrected chi connectivity index (χ2v) is 6.72. The van der Waals surface area contributed by atoms with Crippen LogP contribution in [0.2, 0.25) is 0 Å². The van der Waals surface area contributed by atoms with Gasteiger partial charge >= 0.3 is 0 Å². The smallest absolute Gasteiger partial charge is 0.234 e. The van der Waals surface area contributed by atoms with Gasteiger partial charge < -0.3 is 9.64 Å². The largest absolute Gasteiger partial charge is 0.474 e. The second-order valence-electron chi connectivity index (χ2n) is 5.34. The normalized spacial score (nSPS) is 12.2. The number of hydrogen-bond acceptors (Lipinski definition) is 5.